The lowest BCUT2D eigenvalue weighted by molar-refractivity contribution is 0.0577. The second-order valence-corrected chi connectivity index (χ2v) is 4.85. The van der Waals surface area contributed by atoms with Crippen LogP contribution in [0.1, 0.15) is 47.0 Å². The van der Waals surface area contributed by atoms with Crippen LogP contribution in [0.3, 0.4) is 0 Å². The SMILES string of the molecule is [B]N1C(C)(C)CCCC1(C)C. The van der Waals surface area contributed by atoms with Crippen LogP contribution >= 0.6 is 0 Å². The van der Waals surface area contributed by atoms with E-state index >= 15 is 0 Å². The molecular weight excluding hydrogens is 133 g/mol. The second kappa shape index (κ2) is 2.51. The molecule has 1 saturated heterocycles. The molecule has 2 heteroatoms. The summed E-state index contributed by atoms with van der Waals surface area (Å²) < 4.78 is 0. The zero-order valence-electron chi connectivity index (χ0n) is 8.15. The van der Waals surface area contributed by atoms with Crippen LogP contribution in [0, 0.1) is 0 Å². The third-order valence-corrected chi connectivity index (χ3v) is 2.88. The number of hydrogen-bond acceptors (Lipinski definition) is 1. The lowest BCUT2D eigenvalue weighted by atomic mass is 9.77. The minimum atomic E-state index is 0.182. The lowest BCUT2D eigenvalue weighted by Gasteiger charge is -2.51. The van der Waals surface area contributed by atoms with Crippen LogP contribution < -0.4 is 0 Å². The summed E-state index contributed by atoms with van der Waals surface area (Å²) in [4.78, 5) is 2.02. The van der Waals surface area contributed by atoms with Gasteiger partial charge < -0.3 is 4.81 Å². The first-order valence-electron chi connectivity index (χ1n) is 4.41. The number of rotatable bonds is 0. The second-order valence-electron chi connectivity index (χ2n) is 4.85. The molecule has 1 nitrogen and oxygen atoms in total. The largest absolute Gasteiger partial charge is 0.344 e. The quantitative estimate of drug-likeness (QED) is 0.479. The van der Waals surface area contributed by atoms with Crippen molar-refractivity contribution in [3.63, 3.8) is 0 Å². The van der Waals surface area contributed by atoms with Gasteiger partial charge in [-0.05, 0) is 47.0 Å². The summed E-state index contributed by atoms with van der Waals surface area (Å²) in [5.41, 5.74) is 0.365. The zero-order chi connectivity index (χ0) is 8.70. The molecule has 0 bridgehead atoms. The first-order valence-corrected chi connectivity index (χ1v) is 4.41. The molecule has 0 aromatic heterocycles. The van der Waals surface area contributed by atoms with Crippen molar-refractivity contribution in [2.75, 3.05) is 0 Å². The van der Waals surface area contributed by atoms with Gasteiger partial charge in [-0.1, -0.05) is 0 Å². The normalized spacial score (nSPS) is 30.2. The summed E-state index contributed by atoms with van der Waals surface area (Å²) in [5, 5.41) is 0. The molecule has 0 spiro atoms. The summed E-state index contributed by atoms with van der Waals surface area (Å²) in [6.07, 6.45) is 3.73. The highest BCUT2D eigenvalue weighted by Crippen LogP contribution is 2.35. The Hall–Kier alpha value is 0.0249. The topological polar surface area (TPSA) is 3.24 Å². The maximum atomic E-state index is 6.02. The Morgan fingerprint density at radius 3 is 1.64 bits per heavy atom. The van der Waals surface area contributed by atoms with Gasteiger partial charge in [-0.15, -0.1) is 0 Å². The van der Waals surface area contributed by atoms with Crippen molar-refractivity contribution in [1.82, 2.24) is 4.81 Å². The Morgan fingerprint density at radius 1 is 1.00 bits per heavy atom. The highest BCUT2D eigenvalue weighted by Gasteiger charge is 2.37. The Labute approximate surface area is 71.6 Å². The molecule has 2 radical (unpaired) electrons. The Bertz CT molecular complexity index is 136. The fraction of sp³-hybridized carbons (Fsp3) is 1.00. The van der Waals surface area contributed by atoms with Crippen LogP contribution in [-0.2, 0) is 0 Å². The number of piperidine rings is 1. The molecule has 0 aromatic carbocycles. The van der Waals surface area contributed by atoms with Crippen LogP contribution in [0.15, 0.2) is 0 Å². The molecule has 1 fully saturated rings. The van der Waals surface area contributed by atoms with Gasteiger partial charge in [-0.25, -0.2) is 0 Å². The molecule has 0 unspecified atom stereocenters. The van der Waals surface area contributed by atoms with Crippen LogP contribution in [0.25, 0.3) is 0 Å². The van der Waals surface area contributed by atoms with Crippen molar-refractivity contribution in [3.8, 4) is 0 Å². The van der Waals surface area contributed by atoms with E-state index in [1.807, 2.05) is 4.81 Å². The van der Waals surface area contributed by atoms with Crippen molar-refractivity contribution in [2.24, 2.45) is 0 Å². The third kappa shape index (κ3) is 1.61. The van der Waals surface area contributed by atoms with Crippen LogP contribution in [0.4, 0.5) is 0 Å². The molecule has 0 aromatic rings. The van der Waals surface area contributed by atoms with E-state index in [0.717, 1.165) is 0 Å². The molecule has 1 heterocycles. The minimum absolute atomic E-state index is 0.182. The highest BCUT2D eigenvalue weighted by atomic mass is 15.2. The molecule has 0 saturated carbocycles. The molecule has 1 aliphatic rings. The predicted octanol–water partition coefficient (Wildman–Crippen LogP) is 2.11. The number of nitrogens with zero attached hydrogens (tertiary/aromatic N) is 1. The molecule has 1 rings (SSSR count). The lowest BCUT2D eigenvalue weighted by Crippen LogP contribution is -2.57. The van der Waals surface area contributed by atoms with E-state index in [-0.39, 0.29) is 11.1 Å². The van der Waals surface area contributed by atoms with Gasteiger partial charge >= 0.3 is 0 Å². The van der Waals surface area contributed by atoms with Gasteiger partial charge in [0.15, 0.2) is 7.98 Å². The number of hydrogen-bond donors (Lipinski definition) is 0. The van der Waals surface area contributed by atoms with E-state index in [1.54, 1.807) is 0 Å². The predicted molar refractivity (Wildman–Crippen MR) is 49.6 cm³/mol. The van der Waals surface area contributed by atoms with E-state index in [0.29, 0.717) is 0 Å². The van der Waals surface area contributed by atoms with Gasteiger partial charge in [0.05, 0.1) is 0 Å². The first kappa shape index (κ1) is 9.12. The van der Waals surface area contributed by atoms with Crippen LogP contribution in [0.5, 0.6) is 0 Å². The zero-order valence-corrected chi connectivity index (χ0v) is 8.15. The monoisotopic (exact) mass is 151 g/mol. The van der Waals surface area contributed by atoms with Gasteiger partial charge in [0.25, 0.3) is 0 Å². The molecule has 0 aliphatic carbocycles. The van der Waals surface area contributed by atoms with Crippen molar-refractivity contribution in [3.05, 3.63) is 0 Å². The maximum absolute atomic E-state index is 6.02. The molecule has 0 atom stereocenters. The van der Waals surface area contributed by atoms with Gasteiger partial charge in [0.2, 0.25) is 0 Å². The fourth-order valence-electron chi connectivity index (χ4n) is 2.01. The molecular formula is C9H18BN. The Balaban J connectivity index is 2.76. The summed E-state index contributed by atoms with van der Waals surface area (Å²) in [6.45, 7) is 8.86. The van der Waals surface area contributed by atoms with Crippen molar-refractivity contribution >= 4 is 7.98 Å². The summed E-state index contributed by atoms with van der Waals surface area (Å²) in [5.74, 6) is 0. The van der Waals surface area contributed by atoms with Crippen molar-refractivity contribution in [1.29, 1.82) is 0 Å². The average molecular weight is 151 g/mol. The van der Waals surface area contributed by atoms with E-state index in [1.165, 1.54) is 19.3 Å². The average Bonchev–Trinajstić information content (AvgIpc) is 1.82. The first-order chi connectivity index (χ1) is 4.86. The van der Waals surface area contributed by atoms with E-state index < -0.39 is 0 Å². The molecule has 11 heavy (non-hydrogen) atoms. The molecule has 0 amide bonds. The maximum Gasteiger partial charge on any atom is 0.183 e. The van der Waals surface area contributed by atoms with E-state index in [9.17, 15) is 0 Å². The third-order valence-electron chi connectivity index (χ3n) is 2.88. The smallest absolute Gasteiger partial charge is 0.183 e. The standard InChI is InChI=1S/C9H18BN/c1-8(2)6-5-7-9(3,4)11(8)10/h5-7H2,1-4H3. The summed E-state index contributed by atoms with van der Waals surface area (Å²) in [7, 11) is 6.02. The van der Waals surface area contributed by atoms with Gasteiger partial charge in [0, 0.05) is 11.1 Å². The van der Waals surface area contributed by atoms with E-state index in [2.05, 4.69) is 27.7 Å². The highest BCUT2D eigenvalue weighted by molar-refractivity contribution is 6.05. The molecule has 1 aliphatic heterocycles. The van der Waals surface area contributed by atoms with Crippen molar-refractivity contribution in [2.45, 2.75) is 58.0 Å². The van der Waals surface area contributed by atoms with Gasteiger partial charge in [0.1, 0.15) is 0 Å². The Kier molecular flexibility index (Phi) is 2.08. The van der Waals surface area contributed by atoms with Crippen LogP contribution in [0.2, 0.25) is 0 Å². The Morgan fingerprint density at radius 2 is 1.36 bits per heavy atom. The summed E-state index contributed by atoms with van der Waals surface area (Å²) in [6, 6.07) is 0. The minimum Gasteiger partial charge on any atom is -0.344 e. The molecule has 0 N–H and O–H groups in total. The summed E-state index contributed by atoms with van der Waals surface area (Å²) >= 11 is 0. The fourth-order valence-corrected chi connectivity index (χ4v) is 2.01. The van der Waals surface area contributed by atoms with E-state index in [4.69, 9.17) is 7.98 Å². The van der Waals surface area contributed by atoms with Gasteiger partial charge in [-0.3, -0.25) is 0 Å². The van der Waals surface area contributed by atoms with Crippen molar-refractivity contribution < 1.29 is 0 Å². The van der Waals surface area contributed by atoms with Gasteiger partial charge in [-0.2, -0.15) is 0 Å². The molecule has 62 valence electrons. The van der Waals surface area contributed by atoms with Crippen LogP contribution in [-0.4, -0.2) is 23.9 Å².